The maximum absolute atomic E-state index is 12.0. The summed E-state index contributed by atoms with van der Waals surface area (Å²) in [5.41, 5.74) is 0.998. The summed E-state index contributed by atoms with van der Waals surface area (Å²) < 4.78 is 5.60. The number of ether oxygens (including phenoxy) is 1. The van der Waals surface area contributed by atoms with Crippen LogP contribution in [-0.4, -0.2) is 41.2 Å². The zero-order valence-corrected chi connectivity index (χ0v) is 11.8. The van der Waals surface area contributed by atoms with Crippen LogP contribution < -0.4 is 5.32 Å². The Labute approximate surface area is 111 Å². The van der Waals surface area contributed by atoms with E-state index in [4.69, 9.17) is 4.74 Å². The molecule has 0 aromatic carbocycles. The van der Waals surface area contributed by atoms with Gasteiger partial charge < -0.3 is 15.0 Å². The number of hydrogen-bond acceptors (Lipinski definition) is 4. The van der Waals surface area contributed by atoms with Crippen LogP contribution in [0.4, 0.5) is 4.79 Å². The third-order valence-electron chi connectivity index (χ3n) is 2.76. The van der Waals surface area contributed by atoms with Crippen LogP contribution >= 0.6 is 11.3 Å². The van der Waals surface area contributed by atoms with Crippen molar-refractivity contribution in [2.24, 2.45) is 0 Å². The summed E-state index contributed by atoms with van der Waals surface area (Å²) in [5.74, 6) is 0. The maximum Gasteiger partial charge on any atom is 0.317 e. The van der Waals surface area contributed by atoms with E-state index < -0.39 is 0 Å². The summed E-state index contributed by atoms with van der Waals surface area (Å²) in [7, 11) is 0. The first kappa shape index (κ1) is 13.3. The SMILES string of the molecule is Cc1csc(CNC(=O)N2CC(C)OC(C)C2)n1. The molecular weight excluding hydrogens is 250 g/mol. The molecule has 6 heteroatoms. The molecule has 100 valence electrons. The number of amides is 2. The Morgan fingerprint density at radius 1 is 1.56 bits per heavy atom. The molecule has 0 radical (unpaired) electrons. The minimum absolute atomic E-state index is 0.0372. The molecule has 1 aliphatic rings. The van der Waals surface area contributed by atoms with E-state index in [9.17, 15) is 4.79 Å². The average Bonchev–Trinajstić information content (AvgIpc) is 2.70. The number of hydrogen-bond donors (Lipinski definition) is 1. The molecule has 2 amide bonds. The number of morpholine rings is 1. The van der Waals surface area contributed by atoms with E-state index in [0.29, 0.717) is 19.6 Å². The van der Waals surface area contributed by atoms with Crippen molar-refractivity contribution in [2.45, 2.75) is 39.5 Å². The highest BCUT2D eigenvalue weighted by atomic mass is 32.1. The van der Waals surface area contributed by atoms with Crippen molar-refractivity contribution in [1.82, 2.24) is 15.2 Å². The van der Waals surface area contributed by atoms with Crippen LogP contribution in [0, 0.1) is 6.92 Å². The lowest BCUT2D eigenvalue weighted by Gasteiger charge is -2.35. The molecule has 1 N–H and O–H groups in total. The van der Waals surface area contributed by atoms with Crippen LogP contribution in [0.1, 0.15) is 24.5 Å². The number of nitrogens with one attached hydrogen (secondary N) is 1. The van der Waals surface area contributed by atoms with Gasteiger partial charge in [0.25, 0.3) is 0 Å². The van der Waals surface area contributed by atoms with E-state index in [1.54, 1.807) is 16.2 Å². The van der Waals surface area contributed by atoms with Crippen molar-refractivity contribution in [3.8, 4) is 0 Å². The summed E-state index contributed by atoms with van der Waals surface area (Å²) in [6.07, 6.45) is 0.197. The first-order chi connectivity index (χ1) is 8.54. The fraction of sp³-hybridized carbons (Fsp3) is 0.667. The number of carbonyl (C=O) groups excluding carboxylic acids is 1. The second-order valence-electron chi connectivity index (χ2n) is 4.70. The maximum atomic E-state index is 12.0. The predicted octanol–water partition coefficient (Wildman–Crippen LogP) is 1.77. The Bertz CT molecular complexity index is 411. The molecule has 5 nitrogen and oxygen atoms in total. The summed E-state index contributed by atoms with van der Waals surface area (Å²) in [4.78, 5) is 18.1. The van der Waals surface area contributed by atoms with Gasteiger partial charge in [-0.1, -0.05) is 0 Å². The smallest absolute Gasteiger partial charge is 0.317 e. The third-order valence-corrected chi connectivity index (χ3v) is 3.73. The van der Waals surface area contributed by atoms with Gasteiger partial charge in [0.1, 0.15) is 5.01 Å². The largest absolute Gasteiger partial charge is 0.372 e. The van der Waals surface area contributed by atoms with E-state index in [-0.39, 0.29) is 18.2 Å². The van der Waals surface area contributed by atoms with E-state index in [0.717, 1.165) is 10.7 Å². The lowest BCUT2D eigenvalue weighted by atomic mass is 10.2. The second kappa shape index (κ2) is 5.67. The second-order valence-corrected chi connectivity index (χ2v) is 5.65. The molecular formula is C12H19N3O2S. The quantitative estimate of drug-likeness (QED) is 0.890. The molecule has 2 atom stereocenters. The highest BCUT2D eigenvalue weighted by Gasteiger charge is 2.25. The third kappa shape index (κ3) is 3.43. The molecule has 0 aliphatic carbocycles. The molecule has 1 fully saturated rings. The molecule has 0 spiro atoms. The van der Waals surface area contributed by atoms with E-state index in [1.165, 1.54) is 0 Å². The number of aryl methyl sites for hydroxylation is 1. The molecule has 0 bridgehead atoms. The van der Waals surface area contributed by atoms with Gasteiger partial charge in [-0.05, 0) is 20.8 Å². The minimum atomic E-state index is -0.0372. The minimum Gasteiger partial charge on any atom is -0.372 e. The molecule has 1 saturated heterocycles. The van der Waals surface area contributed by atoms with Crippen molar-refractivity contribution in [3.63, 3.8) is 0 Å². The molecule has 2 unspecified atom stereocenters. The Balaban J connectivity index is 1.84. The zero-order valence-electron chi connectivity index (χ0n) is 11.0. The Morgan fingerprint density at radius 2 is 2.22 bits per heavy atom. The number of carbonyl (C=O) groups is 1. The Kier molecular flexibility index (Phi) is 4.19. The van der Waals surface area contributed by atoms with Crippen molar-refractivity contribution in [1.29, 1.82) is 0 Å². The number of urea groups is 1. The fourth-order valence-electron chi connectivity index (χ4n) is 2.09. The summed E-state index contributed by atoms with van der Waals surface area (Å²) in [6, 6.07) is -0.0372. The van der Waals surface area contributed by atoms with Gasteiger partial charge in [-0.2, -0.15) is 0 Å². The summed E-state index contributed by atoms with van der Waals surface area (Å²) >= 11 is 1.57. The topological polar surface area (TPSA) is 54.5 Å². The first-order valence-corrected chi connectivity index (χ1v) is 7.02. The van der Waals surface area contributed by atoms with Crippen LogP contribution in [0.3, 0.4) is 0 Å². The summed E-state index contributed by atoms with van der Waals surface area (Å²) in [5, 5.41) is 5.83. The van der Waals surface area contributed by atoms with Crippen LogP contribution in [-0.2, 0) is 11.3 Å². The van der Waals surface area contributed by atoms with Crippen LogP contribution in [0.15, 0.2) is 5.38 Å². The fourth-order valence-corrected chi connectivity index (χ4v) is 2.80. The molecule has 2 rings (SSSR count). The van der Waals surface area contributed by atoms with Gasteiger partial charge >= 0.3 is 6.03 Å². The molecule has 2 heterocycles. The van der Waals surface area contributed by atoms with Gasteiger partial charge in [0.2, 0.25) is 0 Å². The van der Waals surface area contributed by atoms with Gasteiger partial charge in [0, 0.05) is 24.2 Å². The van der Waals surface area contributed by atoms with Crippen molar-refractivity contribution in [2.75, 3.05) is 13.1 Å². The standard InChI is InChI=1S/C12H19N3O2S/c1-8-7-18-11(14-8)4-13-12(16)15-5-9(2)17-10(3)6-15/h7,9-10H,4-6H2,1-3H3,(H,13,16). The predicted molar refractivity (Wildman–Crippen MR) is 70.7 cm³/mol. The number of rotatable bonds is 2. The highest BCUT2D eigenvalue weighted by molar-refractivity contribution is 7.09. The number of aromatic nitrogens is 1. The zero-order chi connectivity index (χ0) is 13.1. The van der Waals surface area contributed by atoms with E-state index in [2.05, 4.69) is 10.3 Å². The van der Waals surface area contributed by atoms with Crippen molar-refractivity contribution < 1.29 is 9.53 Å². The van der Waals surface area contributed by atoms with Gasteiger partial charge in [-0.15, -0.1) is 11.3 Å². The van der Waals surface area contributed by atoms with Crippen LogP contribution in [0.2, 0.25) is 0 Å². The molecule has 1 aliphatic heterocycles. The van der Waals surface area contributed by atoms with Gasteiger partial charge in [0.05, 0.1) is 18.8 Å². The summed E-state index contributed by atoms with van der Waals surface area (Å²) in [6.45, 7) is 7.71. The first-order valence-electron chi connectivity index (χ1n) is 6.14. The average molecular weight is 269 g/mol. The number of thiazole rings is 1. The highest BCUT2D eigenvalue weighted by Crippen LogP contribution is 2.11. The molecule has 1 aromatic rings. The lowest BCUT2D eigenvalue weighted by Crippen LogP contribution is -2.51. The van der Waals surface area contributed by atoms with E-state index >= 15 is 0 Å². The van der Waals surface area contributed by atoms with E-state index in [1.807, 2.05) is 26.2 Å². The monoisotopic (exact) mass is 269 g/mol. The molecule has 0 saturated carbocycles. The number of nitrogens with zero attached hydrogens (tertiary/aromatic N) is 2. The van der Waals surface area contributed by atoms with Gasteiger partial charge in [0.15, 0.2) is 0 Å². The van der Waals surface area contributed by atoms with Gasteiger partial charge in [-0.25, -0.2) is 9.78 Å². The lowest BCUT2D eigenvalue weighted by molar-refractivity contribution is -0.0545. The van der Waals surface area contributed by atoms with Crippen molar-refractivity contribution in [3.05, 3.63) is 16.1 Å². The normalized spacial score (nSPS) is 24.1. The molecule has 1 aromatic heterocycles. The Morgan fingerprint density at radius 3 is 2.78 bits per heavy atom. The van der Waals surface area contributed by atoms with Crippen LogP contribution in [0.5, 0.6) is 0 Å². The van der Waals surface area contributed by atoms with Crippen LogP contribution in [0.25, 0.3) is 0 Å². The Hall–Kier alpha value is -1.14. The van der Waals surface area contributed by atoms with Crippen molar-refractivity contribution >= 4 is 17.4 Å². The van der Waals surface area contributed by atoms with Gasteiger partial charge in [-0.3, -0.25) is 0 Å². The molecule has 18 heavy (non-hydrogen) atoms.